The number of piperidine rings is 1. The second-order valence-corrected chi connectivity index (χ2v) is 5.74. The Kier molecular flexibility index (Phi) is 5.33. The van der Waals surface area contributed by atoms with Crippen molar-refractivity contribution >= 4 is 17.5 Å². The Morgan fingerprint density at radius 1 is 1.24 bits per heavy atom. The summed E-state index contributed by atoms with van der Waals surface area (Å²) in [7, 11) is 0. The van der Waals surface area contributed by atoms with Crippen molar-refractivity contribution in [2.24, 2.45) is 5.92 Å². The fourth-order valence-electron chi connectivity index (χ4n) is 2.37. The van der Waals surface area contributed by atoms with Gasteiger partial charge in [0.05, 0.1) is 5.92 Å². The number of anilines is 1. The van der Waals surface area contributed by atoms with E-state index in [9.17, 15) is 9.59 Å². The minimum atomic E-state index is -0.0978. The highest BCUT2D eigenvalue weighted by molar-refractivity contribution is 5.96. The SMILES string of the molecule is CC(C)NC(=O)c1ccc(NC(=O)C2CCCNC2)cc1. The summed E-state index contributed by atoms with van der Waals surface area (Å²) in [6, 6.07) is 7.10. The van der Waals surface area contributed by atoms with Crippen molar-refractivity contribution in [2.45, 2.75) is 32.7 Å². The highest BCUT2D eigenvalue weighted by atomic mass is 16.2. The van der Waals surface area contributed by atoms with Gasteiger partial charge in [-0.25, -0.2) is 0 Å². The Hall–Kier alpha value is -1.88. The number of hydrogen-bond donors (Lipinski definition) is 3. The molecule has 0 bridgehead atoms. The van der Waals surface area contributed by atoms with Gasteiger partial charge in [0.2, 0.25) is 5.91 Å². The van der Waals surface area contributed by atoms with Crippen molar-refractivity contribution < 1.29 is 9.59 Å². The molecule has 1 saturated heterocycles. The van der Waals surface area contributed by atoms with Crippen LogP contribution in [-0.4, -0.2) is 30.9 Å². The predicted octanol–water partition coefficient (Wildman–Crippen LogP) is 1.76. The molecular formula is C16H23N3O2. The Balaban J connectivity index is 1.92. The monoisotopic (exact) mass is 289 g/mol. The van der Waals surface area contributed by atoms with Gasteiger partial charge in [0.15, 0.2) is 0 Å². The Morgan fingerprint density at radius 2 is 1.95 bits per heavy atom. The van der Waals surface area contributed by atoms with Crippen molar-refractivity contribution in [3.63, 3.8) is 0 Å². The first kappa shape index (κ1) is 15.5. The molecule has 0 saturated carbocycles. The summed E-state index contributed by atoms with van der Waals surface area (Å²) >= 11 is 0. The average Bonchev–Trinajstić information content (AvgIpc) is 2.48. The highest BCUT2D eigenvalue weighted by Gasteiger charge is 2.20. The predicted molar refractivity (Wildman–Crippen MR) is 83.3 cm³/mol. The van der Waals surface area contributed by atoms with Crippen LogP contribution in [0.1, 0.15) is 37.0 Å². The molecule has 114 valence electrons. The third-order valence-electron chi connectivity index (χ3n) is 3.50. The summed E-state index contributed by atoms with van der Waals surface area (Å²) in [5.41, 5.74) is 1.33. The molecule has 3 N–H and O–H groups in total. The fourth-order valence-corrected chi connectivity index (χ4v) is 2.37. The van der Waals surface area contributed by atoms with Crippen molar-refractivity contribution in [1.29, 1.82) is 0 Å². The molecule has 5 heteroatoms. The lowest BCUT2D eigenvalue weighted by atomic mass is 9.99. The van der Waals surface area contributed by atoms with E-state index < -0.39 is 0 Å². The van der Waals surface area contributed by atoms with Crippen LogP contribution in [0.5, 0.6) is 0 Å². The van der Waals surface area contributed by atoms with Crippen LogP contribution < -0.4 is 16.0 Å². The van der Waals surface area contributed by atoms with Gasteiger partial charge >= 0.3 is 0 Å². The molecule has 1 fully saturated rings. The van der Waals surface area contributed by atoms with Crippen molar-refractivity contribution in [3.05, 3.63) is 29.8 Å². The van der Waals surface area contributed by atoms with Crippen molar-refractivity contribution in [1.82, 2.24) is 10.6 Å². The van der Waals surface area contributed by atoms with Gasteiger partial charge < -0.3 is 16.0 Å². The quantitative estimate of drug-likeness (QED) is 0.791. The molecule has 0 aliphatic carbocycles. The topological polar surface area (TPSA) is 70.2 Å². The van der Waals surface area contributed by atoms with Gasteiger partial charge in [-0.05, 0) is 57.5 Å². The average molecular weight is 289 g/mol. The molecular weight excluding hydrogens is 266 g/mol. The molecule has 1 heterocycles. The number of amides is 2. The molecule has 5 nitrogen and oxygen atoms in total. The van der Waals surface area contributed by atoms with E-state index in [4.69, 9.17) is 0 Å². The van der Waals surface area contributed by atoms with E-state index in [0.29, 0.717) is 5.56 Å². The molecule has 0 spiro atoms. The number of nitrogens with one attached hydrogen (secondary N) is 3. The van der Waals surface area contributed by atoms with Gasteiger partial charge in [-0.1, -0.05) is 0 Å². The first-order valence-electron chi connectivity index (χ1n) is 7.49. The molecule has 2 amide bonds. The molecule has 1 aromatic carbocycles. The van der Waals surface area contributed by atoms with Crippen LogP contribution in [0, 0.1) is 5.92 Å². The van der Waals surface area contributed by atoms with Gasteiger partial charge in [-0.2, -0.15) is 0 Å². The zero-order valence-electron chi connectivity index (χ0n) is 12.6. The van der Waals surface area contributed by atoms with E-state index in [1.54, 1.807) is 24.3 Å². The second-order valence-electron chi connectivity index (χ2n) is 5.74. The molecule has 1 aliphatic heterocycles. The van der Waals surface area contributed by atoms with Crippen LogP contribution in [-0.2, 0) is 4.79 Å². The lowest BCUT2D eigenvalue weighted by Crippen LogP contribution is -2.37. The lowest BCUT2D eigenvalue weighted by Gasteiger charge is -2.21. The van der Waals surface area contributed by atoms with E-state index >= 15 is 0 Å². The van der Waals surface area contributed by atoms with Crippen LogP contribution in [0.4, 0.5) is 5.69 Å². The maximum atomic E-state index is 12.1. The van der Waals surface area contributed by atoms with Gasteiger partial charge in [-0.15, -0.1) is 0 Å². The first-order valence-corrected chi connectivity index (χ1v) is 7.49. The smallest absolute Gasteiger partial charge is 0.251 e. The lowest BCUT2D eigenvalue weighted by molar-refractivity contribution is -0.120. The third-order valence-corrected chi connectivity index (χ3v) is 3.50. The van der Waals surface area contributed by atoms with Gasteiger partial charge in [0, 0.05) is 23.8 Å². The molecule has 0 radical (unpaired) electrons. The Bertz CT molecular complexity index is 491. The molecule has 1 aliphatic rings. The number of rotatable bonds is 4. The molecule has 1 unspecified atom stereocenters. The maximum Gasteiger partial charge on any atom is 0.251 e. The van der Waals surface area contributed by atoms with Gasteiger partial charge in [-0.3, -0.25) is 9.59 Å². The minimum absolute atomic E-state index is 0.0302. The first-order chi connectivity index (χ1) is 10.1. The number of carbonyl (C=O) groups is 2. The third kappa shape index (κ3) is 4.56. The molecule has 21 heavy (non-hydrogen) atoms. The summed E-state index contributed by atoms with van der Waals surface area (Å²) in [6.45, 7) is 5.57. The van der Waals surface area contributed by atoms with Crippen LogP contribution >= 0.6 is 0 Å². The summed E-state index contributed by atoms with van der Waals surface area (Å²) in [6.07, 6.45) is 1.96. The van der Waals surface area contributed by atoms with E-state index in [-0.39, 0.29) is 23.8 Å². The molecule has 1 aromatic rings. The van der Waals surface area contributed by atoms with E-state index in [1.807, 2.05) is 13.8 Å². The summed E-state index contributed by atoms with van der Waals surface area (Å²) < 4.78 is 0. The maximum absolute atomic E-state index is 12.1. The zero-order valence-corrected chi connectivity index (χ0v) is 12.6. The van der Waals surface area contributed by atoms with Gasteiger partial charge in [0.1, 0.15) is 0 Å². The number of benzene rings is 1. The van der Waals surface area contributed by atoms with Crippen LogP contribution in [0.25, 0.3) is 0 Å². The summed E-state index contributed by atoms with van der Waals surface area (Å²) in [5, 5.41) is 8.97. The van der Waals surface area contributed by atoms with E-state index in [2.05, 4.69) is 16.0 Å². The van der Waals surface area contributed by atoms with Crippen molar-refractivity contribution in [2.75, 3.05) is 18.4 Å². The molecule has 2 rings (SSSR count). The number of hydrogen-bond acceptors (Lipinski definition) is 3. The Morgan fingerprint density at radius 3 is 2.52 bits per heavy atom. The molecule has 0 aromatic heterocycles. The fraction of sp³-hybridized carbons (Fsp3) is 0.500. The number of carbonyl (C=O) groups excluding carboxylic acids is 2. The zero-order chi connectivity index (χ0) is 15.2. The summed E-state index contributed by atoms with van der Waals surface area (Å²) in [4.78, 5) is 23.9. The summed E-state index contributed by atoms with van der Waals surface area (Å²) in [5.74, 6) is -0.0244. The van der Waals surface area contributed by atoms with Crippen molar-refractivity contribution in [3.8, 4) is 0 Å². The highest BCUT2D eigenvalue weighted by Crippen LogP contribution is 2.15. The second kappa shape index (κ2) is 7.22. The van der Waals surface area contributed by atoms with E-state index in [1.165, 1.54) is 0 Å². The Labute approximate surface area is 125 Å². The van der Waals surface area contributed by atoms with Crippen LogP contribution in [0.3, 0.4) is 0 Å². The normalized spacial score (nSPS) is 18.3. The minimum Gasteiger partial charge on any atom is -0.350 e. The van der Waals surface area contributed by atoms with Gasteiger partial charge in [0.25, 0.3) is 5.91 Å². The van der Waals surface area contributed by atoms with E-state index in [0.717, 1.165) is 31.6 Å². The standard InChI is InChI=1S/C16H23N3O2/c1-11(2)18-15(20)12-5-7-14(8-6-12)19-16(21)13-4-3-9-17-10-13/h5-8,11,13,17H,3-4,9-10H2,1-2H3,(H,18,20)(H,19,21). The van der Waals surface area contributed by atoms with Crippen LogP contribution in [0.15, 0.2) is 24.3 Å². The van der Waals surface area contributed by atoms with Crippen LogP contribution in [0.2, 0.25) is 0 Å². The molecule has 1 atom stereocenters. The largest absolute Gasteiger partial charge is 0.350 e.